The van der Waals surface area contributed by atoms with E-state index < -0.39 is 0 Å². The first-order chi connectivity index (χ1) is 9.25. The van der Waals surface area contributed by atoms with E-state index in [0.29, 0.717) is 0 Å². The van der Waals surface area contributed by atoms with E-state index in [0.717, 1.165) is 0 Å². The third-order valence-corrected chi connectivity index (χ3v) is 6.13. The molecule has 0 N–H and O–H groups in total. The van der Waals surface area contributed by atoms with E-state index in [-0.39, 0.29) is 10.8 Å². The molecule has 0 aromatic heterocycles. The minimum absolute atomic E-state index is 0.0735. The molecular formula is C18H20I2. The molecule has 0 fully saturated rings. The van der Waals surface area contributed by atoms with Crippen LogP contribution in [0.5, 0.6) is 0 Å². The Morgan fingerprint density at radius 2 is 0.800 bits per heavy atom. The molecule has 0 amide bonds. The van der Waals surface area contributed by atoms with Crippen LogP contribution in [0.3, 0.4) is 0 Å². The molecule has 0 heterocycles. The average molecular weight is 490 g/mol. The largest absolute Gasteiger partial charge is 0.0574 e. The molecule has 2 rings (SSSR count). The van der Waals surface area contributed by atoms with Gasteiger partial charge >= 0.3 is 0 Å². The first-order valence-electron chi connectivity index (χ1n) is 6.77. The van der Waals surface area contributed by atoms with Crippen LogP contribution in [-0.2, 0) is 10.8 Å². The lowest BCUT2D eigenvalue weighted by atomic mass is 9.61. The number of hydrogen-bond acceptors (Lipinski definition) is 0. The Hall–Kier alpha value is -0.100. The molecule has 2 aromatic carbocycles. The molecule has 0 aliphatic rings. The molecule has 0 saturated carbocycles. The quantitative estimate of drug-likeness (QED) is 0.453. The van der Waals surface area contributed by atoms with Crippen molar-refractivity contribution in [3.63, 3.8) is 0 Å². The molecule has 0 atom stereocenters. The molecular weight excluding hydrogens is 470 g/mol. The summed E-state index contributed by atoms with van der Waals surface area (Å²) in [6.45, 7) is 9.36. The highest BCUT2D eigenvalue weighted by Gasteiger charge is 2.39. The average Bonchev–Trinajstić information content (AvgIpc) is 2.39. The summed E-state index contributed by atoms with van der Waals surface area (Å²) in [5.41, 5.74) is 2.93. The second-order valence-corrected chi connectivity index (χ2v) is 8.76. The third-order valence-electron chi connectivity index (χ3n) is 4.69. The van der Waals surface area contributed by atoms with Gasteiger partial charge in [0.1, 0.15) is 0 Å². The van der Waals surface area contributed by atoms with Crippen LogP contribution >= 0.6 is 45.2 Å². The van der Waals surface area contributed by atoms with Crippen molar-refractivity contribution in [1.82, 2.24) is 0 Å². The fraction of sp³-hybridized carbons (Fsp3) is 0.333. The molecule has 106 valence electrons. The van der Waals surface area contributed by atoms with Crippen molar-refractivity contribution in [2.45, 2.75) is 38.5 Å². The van der Waals surface area contributed by atoms with Gasteiger partial charge in [0.2, 0.25) is 0 Å². The molecule has 0 saturated heterocycles. The van der Waals surface area contributed by atoms with E-state index in [9.17, 15) is 0 Å². The van der Waals surface area contributed by atoms with E-state index in [4.69, 9.17) is 0 Å². The van der Waals surface area contributed by atoms with Crippen molar-refractivity contribution in [3.05, 3.63) is 66.8 Å². The van der Waals surface area contributed by atoms with Gasteiger partial charge in [0.25, 0.3) is 0 Å². The molecule has 0 aliphatic carbocycles. The minimum Gasteiger partial charge on any atom is -0.0574 e. The van der Waals surface area contributed by atoms with E-state index >= 15 is 0 Å². The van der Waals surface area contributed by atoms with Crippen LogP contribution in [-0.4, -0.2) is 0 Å². The summed E-state index contributed by atoms with van der Waals surface area (Å²) in [7, 11) is 0. The van der Waals surface area contributed by atoms with Gasteiger partial charge in [0.15, 0.2) is 0 Å². The molecule has 0 bridgehead atoms. The standard InChI is InChI=1S/C18H20I2/c1-17(2,13-5-9-15(19)10-6-13)18(3,4)14-7-11-16(20)12-8-14/h5-12H,1-4H3. The van der Waals surface area contributed by atoms with E-state index in [1.807, 2.05) is 0 Å². The number of rotatable bonds is 3. The monoisotopic (exact) mass is 490 g/mol. The third kappa shape index (κ3) is 3.06. The molecule has 0 aliphatic heterocycles. The van der Waals surface area contributed by atoms with Crippen LogP contribution in [0.4, 0.5) is 0 Å². The Balaban J connectivity index is 2.45. The van der Waals surface area contributed by atoms with Gasteiger partial charge in [-0.05, 0) is 91.4 Å². The van der Waals surface area contributed by atoms with Crippen molar-refractivity contribution in [2.75, 3.05) is 0 Å². The zero-order chi connectivity index (χ0) is 15.0. The second-order valence-electron chi connectivity index (χ2n) is 6.26. The zero-order valence-electron chi connectivity index (χ0n) is 12.4. The zero-order valence-corrected chi connectivity index (χ0v) is 16.7. The maximum Gasteiger partial charge on any atom is 0.0130 e. The highest BCUT2D eigenvalue weighted by Crippen LogP contribution is 2.43. The first kappa shape index (κ1) is 16.3. The number of hydrogen-bond donors (Lipinski definition) is 0. The van der Waals surface area contributed by atoms with Crippen molar-refractivity contribution < 1.29 is 0 Å². The SMILES string of the molecule is CC(C)(c1ccc(I)cc1)C(C)(C)c1ccc(I)cc1. The van der Waals surface area contributed by atoms with Crippen LogP contribution in [0.15, 0.2) is 48.5 Å². The van der Waals surface area contributed by atoms with E-state index in [1.54, 1.807) is 0 Å². The first-order valence-corrected chi connectivity index (χ1v) is 8.93. The van der Waals surface area contributed by atoms with Crippen molar-refractivity contribution in [2.24, 2.45) is 0 Å². The summed E-state index contributed by atoms with van der Waals surface area (Å²) >= 11 is 4.72. The Morgan fingerprint density at radius 1 is 0.550 bits per heavy atom. The van der Waals surface area contributed by atoms with Crippen LogP contribution < -0.4 is 0 Å². The van der Waals surface area contributed by atoms with Crippen molar-refractivity contribution >= 4 is 45.2 Å². The lowest BCUT2D eigenvalue weighted by molar-refractivity contribution is 0.303. The molecule has 0 spiro atoms. The van der Waals surface area contributed by atoms with Crippen LogP contribution in [0.2, 0.25) is 0 Å². The Kier molecular flexibility index (Phi) is 4.84. The summed E-state index contributed by atoms with van der Waals surface area (Å²) in [6, 6.07) is 17.8. The normalized spacial score (nSPS) is 12.5. The fourth-order valence-electron chi connectivity index (χ4n) is 2.45. The van der Waals surface area contributed by atoms with E-state index in [1.165, 1.54) is 18.3 Å². The summed E-state index contributed by atoms with van der Waals surface area (Å²) in [6.07, 6.45) is 0. The molecule has 0 unspecified atom stereocenters. The van der Waals surface area contributed by atoms with Crippen LogP contribution in [0.25, 0.3) is 0 Å². The predicted octanol–water partition coefficient (Wildman–Crippen LogP) is 6.15. The lowest BCUT2D eigenvalue weighted by Gasteiger charge is -2.43. The maximum absolute atomic E-state index is 2.36. The van der Waals surface area contributed by atoms with Gasteiger partial charge in [-0.3, -0.25) is 0 Å². The highest BCUT2D eigenvalue weighted by molar-refractivity contribution is 14.1. The van der Waals surface area contributed by atoms with Crippen molar-refractivity contribution in [3.8, 4) is 0 Å². The van der Waals surface area contributed by atoms with Gasteiger partial charge in [0.05, 0.1) is 0 Å². The molecule has 20 heavy (non-hydrogen) atoms. The van der Waals surface area contributed by atoms with Gasteiger partial charge in [-0.15, -0.1) is 0 Å². The van der Waals surface area contributed by atoms with E-state index in [2.05, 4.69) is 121 Å². The predicted molar refractivity (Wildman–Crippen MR) is 104 cm³/mol. The summed E-state index contributed by atoms with van der Waals surface area (Å²) in [5.74, 6) is 0. The maximum atomic E-state index is 2.36. The number of halogens is 2. The van der Waals surface area contributed by atoms with Crippen LogP contribution in [0.1, 0.15) is 38.8 Å². The van der Waals surface area contributed by atoms with Crippen LogP contribution in [0, 0.1) is 7.14 Å². The Labute approximate surface area is 149 Å². The minimum atomic E-state index is 0.0735. The van der Waals surface area contributed by atoms with Gasteiger partial charge < -0.3 is 0 Å². The highest BCUT2D eigenvalue weighted by atomic mass is 127. The van der Waals surface area contributed by atoms with Gasteiger partial charge in [-0.2, -0.15) is 0 Å². The second kappa shape index (κ2) is 5.95. The van der Waals surface area contributed by atoms with Gasteiger partial charge in [-0.25, -0.2) is 0 Å². The summed E-state index contributed by atoms with van der Waals surface area (Å²) in [5, 5.41) is 0. The summed E-state index contributed by atoms with van der Waals surface area (Å²) in [4.78, 5) is 0. The number of benzene rings is 2. The van der Waals surface area contributed by atoms with Gasteiger partial charge in [-0.1, -0.05) is 52.0 Å². The topological polar surface area (TPSA) is 0 Å². The Morgan fingerprint density at radius 3 is 1.05 bits per heavy atom. The molecule has 0 radical (unpaired) electrons. The lowest BCUT2D eigenvalue weighted by Crippen LogP contribution is -2.40. The fourth-order valence-corrected chi connectivity index (χ4v) is 3.17. The van der Waals surface area contributed by atoms with Gasteiger partial charge in [0, 0.05) is 7.14 Å². The molecule has 2 aromatic rings. The smallest absolute Gasteiger partial charge is 0.0130 e. The Bertz CT molecular complexity index is 522. The van der Waals surface area contributed by atoms with Crippen molar-refractivity contribution in [1.29, 1.82) is 0 Å². The molecule has 0 nitrogen and oxygen atoms in total. The summed E-state index contributed by atoms with van der Waals surface area (Å²) < 4.78 is 2.57. The molecule has 2 heteroatoms.